The van der Waals surface area contributed by atoms with Gasteiger partial charge in [0.05, 0.1) is 17.8 Å². The van der Waals surface area contributed by atoms with E-state index in [-0.39, 0.29) is 17.8 Å². The molecule has 6 nitrogen and oxygen atoms in total. The molecule has 21 heavy (non-hydrogen) atoms. The lowest BCUT2D eigenvalue weighted by Gasteiger charge is -2.28. The standard InChI is InChI=1S/C15H20O6/c1-9(16)20-13(17)10-4-2-3-5-11-8-12(7-6-10)15(19)21-14(11)18/h10-12H,2-8H2,1H3. The molecule has 1 aliphatic heterocycles. The Morgan fingerprint density at radius 3 is 2.29 bits per heavy atom. The maximum atomic E-state index is 11.9. The predicted molar refractivity (Wildman–Crippen MR) is 70.7 cm³/mol. The number of rotatable bonds is 1. The van der Waals surface area contributed by atoms with Gasteiger partial charge in [-0.05, 0) is 32.1 Å². The molecule has 0 spiro atoms. The summed E-state index contributed by atoms with van der Waals surface area (Å²) in [4.78, 5) is 46.1. The first-order chi connectivity index (χ1) is 9.97. The van der Waals surface area contributed by atoms with Crippen molar-refractivity contribution in [3.8, 4) is 0 Å². The van der Waals surface area contributed by atoms with E-state index in [2.05, 4.69) is 4.74 Å². The summed E-state index contributed by atoms with van der Waals surface area (Å²) in [5.74, 6) is -2.93. The average Bonchev–Trinajstić information content (AvgIpc) is 2.41. The van der Waals surface area contributed by atoms with E-state index in [0.29, 0.717) is 32.1 Å². The van der Waals surface area contributed by atoms with Crippen molar-refractivity contribution in [3.63, 3.8) is 0 Å². The summed E-state index contributed by atoms with van der Waals surface area (Å²) in [6.07, 6.45) is 4.36. The predicted octanol–water partition coefficient (Wildman–Crippen LogP) is 1.75. The van der Waals surface area contributed by atoms with Gasteiger partial charge in [0.2, 0.25) is 0 Å². The lowest BCUT2D eigenvalue weighted by atomic mass is 9.81. The van der Waals surface area contributed by atoms with Crippen LogP contribution in [0, 0.1) is 17.8 Å². The third-order valence-electron chi connectivity index (χ3n) is 4.23. The molecule has 2 rings (SSSR count). The lowest BCUT2D eigenvalue weighted by Crippen LogP contribution is -2.36. The van der Waals surface area contributed by atoms with E-state index in [9.17, 15) is 19.2 Å². The summed E-state index contributed by atoms with van der Waals surface area (Å²) in [5, 5.41) is 0. The highest BCUT2D eigenvalue weighted by molar-refractivity contribution is 5.91. The van der Waals surface area contributed by atoms with Gasteiger partial charge in [-0.1, -0.05) is 12.8 Å². The van der Waals surface area contributed by atoms with Gasteiger partial charge in [-0.3, -0.25) is 19.2 Å². The first-order valence-corrected chi connectivity index (χ1v) is 7.45. The van der Waals surface area contributed by atoms with Crippen molar-refractivity contribution >= 4 is 23.9 Å². The van der Waals surface area contributed by atoms with Crippen LogP contribution in [0.4, 0.5) is 0 Å². The zero-order valence-corrected chi connectivity index (χ0v) is 12.1. The fraction of sp³-hybridized carbons (Fsp3) is 0.733. The number of ether oxygens (including phenoxy) is 2. The Balaban J connectivity index is 2.01. The molecule has 0 radical (unpaired) electrons. The summed E-state index contributed by atoms with van der Waals surface area (Å²) in [6, 6.07) is 0. The monoisotopic (exact) mass is 296 g/mol. The Morgan fingerprint density at radius 1 is 1.00 bits per heavy atom. The van der Waals surface area contributed by atoms with E-state index in [1.54, 1.807) is 0 Å². The minimum atomic E-state index is -0.611. The van der Waals surface area contributed by atoms with Crippen LogP contribution in [0.3, 0.4) is 0 Å². The molecule has 2 bridgehead atoms. The minimum absolute atomic E-state index is 0.201. The quantitative estimate of drug-likeness (QED) is 0.541. The van der Waals surface area contributed by atoms with Crippen molar-refractivity contribution in [2.24, 2.45) is 17.8 Å². The highest BCUT2D eigenvalue weighted by Crippen LogP contribution is 2.33. The van der Waals surface area contributed by atoms with Crippen LogP contribution >= 0.6 is 0 Å². The Bertz CT molecular complexity index is 455. The van der Waals surface area contributed by atoms with Crippen molar-refractivity contribution < 1.29 is 28.7 Å². The third kappa shape index (κ3) is 4.12. The molecule has 0 amide bonds. The molecular formula is C15H20O6. The van der Waals surface area contributed by atoms with Crippen LogP contribution in [-0.2, 0) is 28.7 Å². The minimum Gasteiger partial charge on any atom is -0.393 e. The Labute approximate surface area is 123 Å². The molecular weight excluding hydrogens is 276 g/mol. The van der Waals surface area contributed by atoms with Crippen molar-refractivity contribution in [2.75, 3.05) is 0 Å². The average molecular weight is 296 g/mol. The van der Waals surface area contributed by atoms with E-state index >= 15 is 0 Å². The molecule has 3 unspecified atom stereocenters. The van der Waals surface area contributed by atoms with Crippen molar-refractivity contribution in [1.82, 2.24) is 0 Å². The molecule has 6 heteroatoms. The molecule has 1 saturated heterocycles. The Morgan fingerprint density at radius 2 is 1.62 bits per heavy atom. The van der Waals surface area contributed by atoms with Gasteiger partial charge in [-0.25, -0.2) is 0 Å². The van der Waals surface area contributed by atoms with Gasteiger partial charge in [0.1, 0.15) is 0 Å². The van der Waals surface area contributed by atoms with Gasteiger partial charge in [0, 0.05) is 6.92 Å². The summed E-state index contributed by atoms with van der Waals surface area (Å²) in [7, 11) is 0. The number of hydrogen-bond donors (Lipinski definition) is 0. The van der Waals surface area contributed by atoms with Crippen molar-refractivity contribution in [3.05, 3.63) is 0 Å². The molecule has 0 aromatic carbocycles. The largest absolute Gasteiger partial charge is 0.393 e. The van der Waals surface area contributed by atoms with Crippen LogP contribution < -0.4 is 0 Å². The third-order valence-corrected chi connectivity index (χ3v) is 4.23. The van der Waals surface area contributed by atoms with Gasteiger partial charge in [0.25, 0.3) is 0 Å². The maximum Gasteiger partial charge on any atom is 0.316 e. The fourth-order valence-electron chi connectivity index (χ4n) is 3.06. The Kier molecular flexibility index (Phi) is 5.09. The van der Waals surface area contributed by atoms with Crippen LogP contribution in [0.2, 0.25) is 0 Å². The molecule has 2 aliphatic rings. The van der Waals surface area contributed by atoms with E-state index in [0.717, 1.165) is 12.8 Å². The van der Waals surface area contributed by atoms with Gasteiger partial charge in [-0.2, -0.15) is 0 Å². The number of fused-ring (bicyclic) bond motifs is 2. The van der Waals surface area contributed by atoms with Crippen molar-refractivity contribution in [2.45, 2.75) is 51.9 Å². The van der Waals surface area contributed by atoms with Gasteiger partial charge in [-0.15, -0.1) is 0 Å². The first-order valence-electron chi connectivity index (χ1n) is 7.45. The van der Waals surface area contributed by atoms with Crippen molar-refractivity contribution in [1.29, 1.82) is 0 Å². The molecule has 1 saturated carbocycles. The van der Waals surface area contributed by atoms with Gasteiger partial charge in [0.15, 0.2) is 0 Å². The smallest absolute Gasteiger partial charge is 0.316 e. The summed E-state index contributed by atoms with van der Waals surface area (Å²) in [6.45, 7) is 1.20. The number of esters is 4. The topological polar surface area (TPSA) is 86.7 Å². The van der Waals surface area contributed by atoms with Gasteiger partial charge >= 0.3 is 23.9 Å². The number of carbonyl (C=O) groups is 4. The van der Waals surface area contributed by atoms with Crippen LogP contribution in [0.5, 0.6) is 0 Å². The second kappa shape index (κ2) is 6.83. The fourth-order valence-corrected chi connectivity index (χ4v) is 3.06. The van der Waals surface area contributed by atoms with E-state index in [1.165, 1.54) is 6.92 Å². The number of carbonyl (C=O) groups excluding carboxylic acids is 4. The van der Waals surface area contributed by atoms with Crippen LogP contribution in [-0.4, -0.2) is 23.9 Å². The summed E-state index contributed by atoms with van der Waals surface area (Å²) in [5.41, 5.74) is 0. The SMILES string of the molecule is CC(=O)OC(=O)C1CCCCC2CC(CC1)C(=O)OC2=O. The first kappa shape index (κ1) is 15.7. The van der Waals surface area contributed by atoms with Crippen LogP contribution in [0.1, 0.15) is 51.9 Å². The molecule has 0 aromatic heterocycles. The van der Waals surface area contributed by atoms with E-state index < -0.39 is 23.9 Å². The molecule has 116 valence electrons. The molecule has 3 atom stereocenters. The molecule has 1 aliphatic carbocycles. The summed E-state index contributed by atoms with van der Waals surface area (Å²) < 4.78 is 9.46. The number of hydrogen-bond acceptors (Lipinski definition) is 6. The molecule has 0 aromatic rings. The lowest BCUT2D eigenvalue weighted by molar-refractivity contribution is -0.173. The second-order valence-corrected chi connectivity index (χ2v) is 5.84. The zero-order valence-electron chi connectivity index (χ0n) is 12.1. The van der Waals surface area contributed by atoms with E-state index in [4.69, 9.17) is 4.74 Å². The maximum absolute atomic E-state index is 11.9. The molecule has 1 heterocycles. The highest BCUT2D eigenvalue weighted by atomic mass is 16.6. The van der Waals surface area contributed by atoms with E-state index in [1.807, 2.05) is 0 Å². The van der Waals surface area contributed by atoms with Gasteiger partial charge < -0.3 is 9.47 Å². The molecule has 2 fully saturated rings. The number of cyclic esters (lactones) is 2. The second-order valence-electron chi connectivity index (χ2n) is 5.84. The van der Waals surface area contributed by atoms with Crippen LogP contribution in [0.25, 0.3) is 0 Å². The molecule has 0 N–H and O–H groups in total. The zero-order chi connectivity index (χ0) is 15.4. The Hall–Kier alpha value is -1.72. The highest BCUT2D eigenvalue weighted by Gasteiger charge is 2.37. The summed E-state index contributed by atoms with van der Waals surface area (Å²) >= 11 is 0. The van der Waals surface area contributed by atoms with Crippen LogP contribution in [0.15, 0.2) is 0 Å². The normalized spacial score (nSPS) is 30.2.